The molecule has 0 aromatic heterocycles. The Morgan fingerprint density at radius 2 is 2.32 bits per heavy atom. The van der Waals surface area contributed by atoms with Crippen molar-refractivity contribution in [2.24, 2.45) is 0 Å². The molecule has 0 unspecified atom stereocenters. The van der Waals surface area contributed by atoms with Gasteiger partial charge in [-0.3, -0.25) is 0 Å². The van der Waals surface area contributed by atoms with Crippen molar-refractivity contribution in [1.82, 2.24) is 5.32 Å². The van der Waals surface area contributed by atoms with E-state index in [9.17, 15) is 4.79 Å². The summed E-state index contributed by atoms with van der Waals surface area (Å²) in [5.41, 5.74) is 1.65. The first-order chi connectivity index (χ1) is 10.5. The number of amides is 2. The van der Waals surface area contributed by atoms with Gasteiger partial charge in [-0.15, -0.1) is 0 Å². The lowest BCUT2D eigenvalue weighted by atomic mass is 10.0. The van der Waals surface area contributed by atoms with E-state index in [4.69, 9.17) is 9.47 Å². The predicted octanol–water partition coefficient (Wildman–Crippen LogP) is 3.33. The van der Waals surface area contributed by atoms with E-state index in [-0.39, 0.29) is 18.2 Å². The number of ether oxygens (including phenoxy) is 2. The maximum atomic E-state index is 12.0. The number of hydrogen-bond donors (Lipinski definition) is 2. The van der Waals surface area contributed by atoms with Gasteiger partial charge in [-0.1, -0.05) is 12.6 Å². The van der Waals surface area contributed by atoms with Gasteiger partial charge in [-0.05, 0) is 44.4 Å². The van der Waals surface area contributed by atoms with Gasteiger partial charge in [-0.25, -0.2) is 4.79 Å². The average Bonchev–Trinajstić information content (AvgIpc) is 2.45. The molecule has 2 N–H and O–H groups in total. The largest absolute Gasteiger partial charge is 0.489 e. The maximum Gasteiger partial charge on any atom is 0.319 e. The molecule has 5 heteroatoms. The Morgan fingerprint density at radius 1 is 1.50 bits per heavy atom. The van der Waals surface area contributed by atoms with Gasteiger partial charge in [0, 0.05) is 24.4 Å². The number of carbonyl (C=O) groups is 1. The summed E-state index contributed by atoms with van der Waals surface area (Å²) in [4.78, 5) is 12.0. The normalized spacial score (nSPS) is 21.0. The number of anilines is 1. The standard InChI is InChI=1S/C17H24N2O3/c1-12(2)11-22-16-6-4-5-14(10-16)18-17(20)19-15-7-8-21-13(3)9-15/h4-6,10,13,15H,1,7-9,11H2,2-3H3,(H2,18,19,20)/t13-,15+/m0/s1. The molecule has 1 aliphatic heterocycles. The zero-order valence-corrected chi connectivity index (χ0v) is 13.2. The molecule has 1 fully saturated rings. The van der Waals surface area contributed by atoms with Crippen LogP contribution in [0.25, 0.3) is 0 Å². The first-order valence-corrected chi connectivity index (χ1v) is 7.59. The van der Waals surface area contributed by atoms with Gasteiger partial charge in [-0.2, -0.15) is 0 Å². The number of benzene rings is 1. The van der Waals surface area contributed by atoms with Gasteiger partial charge in [0.1, 0.15) is 12.4 Å². The van der Waals surface area contributed by atoms with E-state index < -0.39 is 0 Å². The molecule has 1 aromatic rings. The lowest BCUT2D eigenvalue weighted by Gasteiger charge is -2.27. The minimum Gasteiger partial charge on any atom is -0.489 e. The maximum absolute atomic E-state index is 12.0. The Kier molecular flexibility index (Phi) is 5.83. The Hall–Kier alpha value is -2.01. The minimum absolute atomic E-state index is 0.159. The second kappa shape index (κ2) is 7.84. The molecular formula is C17H24N2O3. The zero-order valence-electron chi connectivity index (χ0n) is 13.2. The van der Waals surface area contributed by atoms with Crippen LogP contribution in [-0.2, 0) is 4.74 Å². The molecule has 0 aliphatic carbocycles. The summed E-state index contributed by atoms with van der Waals surface area (Å²) in [6.07, 6.45) is 1.88. The molecule has 1 aromatic carbocycles. The number of urea groups is 1. The minimum atomic E-state index is -0.198. The topological polar surface area (TPSA) is 59.6 Å². The van der Waals surface area contributed by atoms with Crippen LogP contribution in [0, 0.1) is 0 Å². The third kappa shape index (κ3) is 5.41. The third-order valence-corrected chi connectivity index (χ3v) is 3.40. The fourth-order valence-corrected chi connectivity index (χ4v) is 2.35. The van der Waals surface area contributed by atoms with Gasteiger partial charge in [0.25, 0.3) is 0 Å². The molecule has 2 rings (SSSR count). The van der Waals surface area contributed by atoms with Gasteiger partial charge in [0.2, 0.25) is 0 Å². The monoisotopic (exact) mass is 304 g/mol. The molecule has 1 heterocycles. The van der Waals surface area contributed by atoms with E-state index in [1.54, 1.807) is 6.07 Å². The third-order valence-electron chi connectivity index (χ3n) is 3.40. The number of carbonyl (C=O) groups excluding carboxylic acids is 1. The summed E-state index contributed by atoms with van der Waals surface area (Å²) < 4.78 is 11.0. The smallest absolute Gasteiger partial charge is 0.319 e. The van der Waals surface area contributed by atoms with Crippen LogP contribution in [0.4, 0.5) is 10.5 Å². The SMILES string of the molecule is C=C(C)COc1cccc(NC(=O)N[C@@H]2CCO[C@@H](C)C2)c1. The van der Waals surface area contributed by atoms with Crippen molar-refractivity contribution < 1.29 is 14.3 Å². The molecule has 1 saturated heterocycles. The quantitative estimate of drug-likeness (QED) is 0.820. The van der Waals surface area contributed by atoms with Crippen LogP contribution in [-0.4, -0.2) is 31.4 Å². The molecule has 1 aliphatic rings. The van der Waals surface area contributed by atoms with E-state index in [2.05, 4.69) is 17.2 Å². The molecule has 2 amide bonds. The highest BCUT2D eigenvalue weighted by Crippen LogP contribution is 2.18. The predicted molar refractivity (Wildman–Crippen MR) is 87.3 cm³/mol. The second-order valence-corrected chi connectivity index (χ2v) is 5.77. The van der Waals surface area contributed by atoms with E-state index >= 15 is 0 Å². The van der Waals surface area contributed by atoms with Crippen molar-refractivity contribution in [1.29, 1.82) is 0 Å². The Bertz CT molecular complexity index is 530. The lowest BCUT2D eigenvalue weighted by molar-refractivity contribution is 0.0157. The summed E-state index contributed by atoms with van der Waals surface area (Å²) in [5, 5.41) is 5.82. The molecule has 0 saturated carbocycles. The summed E-state index contributed by atoms with van der Waals surface area (Å²) in [6.45, 7) is 8.88. The number of hydrogen-bond acceptors (Lipinski definition) is 3. The van der Waals surface area contributed by atoms with E-state index in [0.29, 0.717) is 24.7 Å². The molecule has 120 valence electrons. The highest BCUT2D eigenvalue weighted by atomic mass is 16.5. The van der Waals surface area contributed by atoms with Crippen LogP contribution in [0.3, 0.4) is 0 Å². The molecule has 2 atom stereocenters. The number of rotatable bonds is 5. The highest BCUT2D eigenvalue weighted by molar-refractivity contribution is 5.89. The Balaban J connectivity index is 1.85. The van der Waals surface area contributed by atoms with Gasteiger partial charge in [0.15, 0.2) is 0 Å². The second-order valence-electron chi connectivity index (χ2n) is 5.77. The first kappa shape index (κ1) is 16.4. The van der Waals surface area contributed by atoms with Crippen molar-refractivity contribution in [2.75, 3.05) is 18.5 Å². The summed E-state index contributed by atoms with van der Waals surface area (Å²) in [7, 11) is 0. The van der Waals surface area contributed by atoms with Crippen molar-refractivity contribution >= 4 is 11.7 Å². The summed E-state index contributed by atoms with van der Waals surface area (Å²) in [6, 6.07) is 7.30. The molecule has 0 bridgehead atoms. The fraction of sp³-hybridized carbons (Fsp3) is 0.471. The van der Waals surface area contributed by atoms with E-state index in [1.807, 2.05) is 32.0 Å². The van der Waals surface area contributed by atoms with Crippen LogP contribution < -0.4 is 15.4 Å². The van der Waals surface area contributed by atoms with Gasteiger partial charge >= 0.3 is 6.03 Å². The molecule has 5 nitrogen and oxygen atoms in total. The first-order valence-electron chi connectivity index (χ1n) is 7.59. The molecule has 0 spiro atoms. The number of nitrogens with one attached hydrogen (secondary N) is 2. The molecular weight excluding hydrogens is 280 g/mol. The van der Waals surface area contributed by atoms with E-state index in [0.717, 1.165) is 18.4 Å². The van der Waals surface area contributed by atoms with E-state index in [1.165, 1.54) is 0 Å². The molecule has 22 heavy (non-hydrogen) atoms. The zero-order chi connectivity index (χ0) is 15.9. The van der Waals surface area contributed by atoms with Crippen LogP contribution >= 0.6 is 0 Å². The Morgan fingerprint density at radius 3 is 3.05 bits per heavy atom. The van der Waals surface area contributed by atoms with Gasteiger partial charge < -0.3 is 20.1 Å². The van der Waals surface area contributed by atoms with Crippen molar-refractivity contribution in [3.05, 3.63) is 36.4 Å². The van der Waals surface area contributed by atoms with Crippen LogP contribution in [0.2, 0.25) is 0 Å². The van der Waals surface area contributed by atoms with Crippen molar-refractivity contribution in [3.63, 3.8) is 0 Å². The van der Waals surface area contributed by atoms with Gasteiger partial charge in [0.05, 0.1) is 6.10 Å². The van der Waals surface area contributed by atoms with Crippen LogP contribution in [0.15, 0.2) is 36.4 Å². The Labute approximate surface area is 131 Å². The van der Waals surface area contributed by atoms with Crippen LogP contribution in [0.1, 0.15) is 26.7 Å². The lowest BCUT2D eigenvalue weighted by Crippen LogP contribution is -2.43. The summed E-state index contributed by atoms with van der Waals surface area (Å²) >= 11 is 0. The fourth-order valence-electron chi connectivity index (χ4n) is 2.35. The van der Waals surface area contributed by atoms with Crippen molar-refractivity contribution in [2.45, 2.75) is 38.8 Å². The summed E-state index contributed by atoms with van der Waals surface area (Å²) in [5.74, 6) is 0.709. The van der Waals surface area contributed by atoms with Crippen molar-refractivity contribution in [3.8, 4) is 5.75 Å². The average molecular weight is 304 g/mol. The van der Waals surface area contributed by atoms with Crippen LogP contribution in [0.5, 0.6) is 5.75 Å². The highest BCUT2D eigenvalue weighted by Gasteiger charge is 2.20. The molecule has 0 radical (unpaired) electrons.